The Labute approximate surface area is 283 Å². The Hall–Kier alpha value is 1.05. The van der Waals surface area contributed by atoms with Gasteiger partial charge in [0, 0.05) is 32.3 Å². The first-order chi connectivity index (χ1) is 22.1. The van der Waals surface area contributed by atoms with E-state index in [9.17, 15) is 52.2 Å². The van der Waals surface area contributed by atoms with E-state index in [1.807, 2.05) is 0 Å². The van der Waals surface area contributed by atoms with Crippen molar-refractivity contribution in [3.05, 3.63) is 0 Å². The van der Waals surface area contributed by atoms with Crippen molar-refractivity contribution in [2.45, 2.75) is 80.9 Å². The highest BCUT2D eigenvalue weighted by Gasteiger charge is 2.43. The van der Waals surface area contributed by atoms with Gasteiger partial charge in [0.2, 0.25) is 0 Å². The number of phosphoric ester groups is 2. The molecule has 5 radical (unpaired) electrons. The first-order valence-electron chi connectivity index (χ1n) is 13.9. The standard InChI is InChI=1S/C18H34B3FO20P5S/c1-2-43(24,25)41-46(30,31)42-47(32,48)35-9-15-12(4-17(19)37-15)39-45(28,29)34-8-16-13(5-18(21-20)38-16)40-44(26,27)33-7-14-11(23)3-10(6-22)36-14/h10-18,23H,2-9H2,1H3,(H,24,25)(H,26,27)(H,28,29)(H,30,31)(H,32,48)/p-4/t10-,11+,12+,13+,14-,15-,16-,17-,18-,47?/m1/s1. The van der Waals surface area contributed by atoms with Crippen molar-refractivity contribution in [3.63, 3.8) is 0 Å². The molecule has 0 aromatic rings. The molecular formula is C18H30B3FO20P5S-4. The summed E-state index contributed by atoms with van der Waals surface area (Å²) in [6.45, 7) is -7.21. The van der Waals surface area contributed by atoms with Crippen LogP contribution in [0.3, 0.4) is 0 Å². The fraction of sp³-hybridized carbons (Fsp3) is 1.00. The van der Waals surface area contributed by atoms with Crippen molar-refractivity contribution in [3.8, 4) is 0 Å². The van der Waals surface area contributed by atoms with Crippen LogP contribution in [0.4, 0.5) is 4.39 Å². The van der Waals surface area contributed by atoms with Crippen LogP contribution in [0.15, 0.2) is 0 Å². The van der Waals surface area contributed by atoms with Crippen molar-refractivity contribution in [1.82, 2.24) is 0 Å². The number of aliphatic hydroxyl groups is 1. The normalized spacial score (nSPS) is 37.2. The van der Waals surface area contributed by atoms with Gasteiger partial charge in [-0.3, -0.25) is 26.8 Å². The van der Waals surface area contributed by atoms with Gasteiger partial charge in [-0.05, 0) is 12.8 Å². The molecule has 0 aliphatic carbocycles. The van der Waals surface area contributed by atoms with Crippen LogP contribution in [0.25, 0.3) is 0 Å². The Kier molecular flexibility index (Phi) is 16.2. The molecule has 5 unspecified atom stereocenters. The van der Waals surface area contributed by atoms with Crippen molar-refractivity contribution < 1.29 is 97.7 Å². The molecule has 0 aromatic heterocycles. The summed E-state index contributed by atoms with van der Waals surface area (Å²) in [5.74, 6) is 0. The van der Waals surface area contributed by atoms with Crippen LogP contribution >= 0.6 is 37.8 Å². The number of rotatable bonds is 20. The predicted molar refractivity (Wildman–Crippen MR) is 156 cm³/mol. The summed E-state index contributed by atoms with van der Waals surface area (Å²) < 4.78 is 110. The van der Waals surface area contributed by atoms with E-state index in [-0.39, 0.29) is 19.3 Å². The van der Waals surface area contributed by atoms with E-state index >= 15 is 0 Å². The van der Waals surface area contributed by atoms with Crippen molar-refractivity contribution in [2.75, 3.05) is 32.7 Å². The molecule has 3 saturated heterocycles. The van der Waals surface area contributed by atoms with Gasteiger partial charge in [0.25, 0.3) is 15.6 Å². The summed E-state index contributed by atoms with van der Waals surface area (Å²) in [6, 6.07) is -2.04. The van der Waals surface area contributed by atoms with Gasteiger partial charge in [0.1, 0.15) is 47.1 Å². The Morgan fingerprint density at radius 1 is 0.875 bits per heavy atom. The lowest BCUT2D eigenvalue weighted by Gasteiger charge is -2.37. The number of alkyl halides is 1. The van der Waals surface area contributed by atoms with Crippen molar-refractivity contribution in [2.24, 2.45) is 0 Å². The zero-order valence-corrected chi connectivity index (χ0v) is 30.1. The van der Waals surface area contributed by atoms with Gasteiger partial charge in [0.15, 0.2) is 0 Å². The van der Waals surface area contributed by atoms with Crippen LogP contribution in [-0.4, -0.2) is 120 Å². The zero-order valence-electron chi connectivity index (χ0n) is 24.9. The second-order valence-electron chi connectivity index (χ2n) is 10.4. The Morgan fingerprint density at radius 2 is 1.48 bits per heavy atom. The first kappa shape index (κ1) is 43.5. The number of phosphoric acid groups is 3. The average molecular weight is 805 g/mol. The molecule has 48 heavy (non-hydrogen) atoms. The third-order valence-corrected chi connectivity index (χ3v) is 14.2. The molecule has 3 fully saturated rings. The van der Waals surface area contributed by atoms with Gasteiger partial charge in [0.05, 0.1) is 51.4 Å². The van der Waals surface area contributed by atoms with Crippen LogP contribution < -0.4 is 19.6 Å². The smallest absolute Gasteiger partial charge is 0.472 e. The van der Waals surface area contributed by atoms with Gasteiger partial charge in [-0.1, -0.05) is 18.7 Å². The minimum atomic E-state index is -5.77. The van der Waals surface area contributed by atoms with Crippen molar-refractivity contribution >= 4 is 72.3 Å². The quantitative estimate of drug-likeness (QED) is 0.0967. The maximum atomic E-state index is 12.8. The molecule has 0 amide bonds. The maximum Gasteiger partial charge on any atom is 0.472 e. The number of ether oxygens (including phenoxy) is 3. The summed E-state index contributed by atoms with van der Waals surface area (Å²) >= 11 is 4.44. The Morgan fingerprint density at radius 3 is 2.08 bits per heavy atom. The van der Waals surface area contributed by atoms with Gasteiger partial charge in [-0.15, -0.1) is 0 Å². The summed E-state index contributed by atoms with van der Waals surface area (Å²) in [7, 11) is -8.62. The molecule has 3 rings (SSSR count). The minimum absolute atomic E-state index is 0.0498. The molecule has 3 aliphatic heterocycles. The number of aliphatic hydroxyl groups excluding tert-OH is 1. The Balaban J connectivity index is 1.54. The third kappa shape index (κ3) is 14.1. The molecule has 0 saturated carbocycles. The van der Waals surface area contributed by atoms with Crippen LogP contribution in [-0.2, 0) is 75.5 Å². The highest BCUT2D eigenvalue weighted by atomic mass is 32.5. The monoisotopic (exact) mass is 805 g/mol. The van der Waals surface area contributed by atoms with Crippen LogP contribution in [0.5, 0.6) is 0 Å². The second kappa shape index (κ2) is 17.9. The maximum absolute atomic E-state index is 12.8. The first-order valence-corrected chi connectivity index (χ1v) is 22.6. The summed E-state index contributed by atoms with van der Waals surface area (Å²) in [4.78, 5) is 58.5. The molecule has 0 spiro atoms. The Bertz CT molecular complexity index is 1320. The molecule has 0 bridgehead atoms. The lowest BCUT2D eigenvalue weighted by Crippen LogP contribution is -2.33. The number of hydrogen-bond donors (Lipinski definition) is 2. The fourth-order valence-corrected chi connectivity index (χ4v) is 10.9. The number of hydrogen-bond acceptors (Lipinski definition) is 20. The summed E-state index contributed by atoms with van der Waals surface area (Å²) in [5, 5.41) is 9.91. The van der Waals surface area contributed by atoms with E-state index in [0.29, 0.717) is 0 Å². The zero-order chi connectivity index (χ0) is 36.1. The predicted octanol–water partition coefficient (Wildman–Crippen LogP) is -2.29. The van der Waals surface area contributed by atoms with Gasteiger partial charge in [-0.25, -0.2) is 8.96 Å². The van der Waals surface area contributed by atoms with E-state index < -0.39 is 125 Å². The molecule has 2 N–H and O–H groups in total. The average Bonchev–Trinajstić information content (AvgIpc) is 3.63. The molecule has 3 heterocycles. The number of halogens is 1. The fourth-order valence-electron chi connectivity index (χ4n) is 4.47. The highest BCUT2D eigenvalue weighted by molar-refractivity contribution is 8.07. The molecule has 14 atom stereocenters. The molecule has 20 nitrogen and oxygen atoms in total. The molecule has 273 valence electrons. The van der Waals surface area contributed by atoms with E-state index in [0.717, 1.165) is 14.1 Å². The van der Waals surface area contributed by atoms with Gasteiger partial charge in [-0.2, -0.15) is 0 Å². The molecular weight excluding hydrogens is 775 g/mol. The largest absolute Gasteiger partial charge is 0.779 e. The molecule has 3 aliphatic rings. The third-order valence-electron chi connectivity index (χ3n) is 6.69. The van der Waals surface area contributed by atoms with Crippen LogP contribution in [0.2, 0.25) is 0 Å². The molecule has 0 aromatic carbocycles. The van der Waals surface area contributed by atoms with Crippen LogP contribution in [0, 0.1) is 0 Å². The van der Waals surface area contributed by atoms with E-state index in [4.69, 9.17) is 52.4 Å². The SMILES string of the molecule is [B][B][C@H]1C[C@H](OP(=O)(O)OC[C@H]2O[C@@H](CF)C[C@@H]2O)[C@@H](COP(=O)([O-])O[C@H]2C[C@H]([B])O[C@@H]2COP([O-])(=S)OP(=O)([O-])OP(=O)([O-])CC)O1. The van der Waals surface area contributed by atoms with E-state index in [1.54, 1.807) is 0 Å². The summed E-state index contributed by atoms with van der Waals surface area (Å²) in [6.07, 6.45) is -10.0. The van der Waals surface area contributed by atoms with Crippen molar-refractivity contribution in [1.29, 1.82) is 0 Å². The summed E-state index contributed by atoms with van der Waals surface area (Å²) in [5.41, 5.74) is 0. The lowest BCUT2D eigenvalue weighted by molar-refractivity contribution is -0.238. The lowest BCUT2D eigenvalue weighted by atomic mass is 9.51. The van der Waals surface area contributed by atoms with Gasteiger partial charge >= 0.3 is 7.82 Å². The topological polar surface area (TPSA) is 293 Å². The minimum Gasteiger partial charge on any atom is -0.779 e. The highest BCUT2D eigenvalue weighted by Crippen LogP contribution is 2.62. The van der Waals surface area contributed by atoms with E-state index in [1.165, 1.54) is 0 Å². The van der Waals surface area contributed by atoms with E-state index in [2.05, 4.69) is 20.4 Å². The second-order valence-corrected chi connectivity index (χ2v) is 19.7. The van der Waals surface area contributed by atoms with Crippen LogP contribution in [0.1, 0.15) is 26.2 Å². The molecule has 30 heteroatoms. The van der Waals surface area contributed by atoms with Gasteiger partial charge < -0.3 is 61.9 Å².